The molecule has 3 aromatic rings. The molecule has 1 heterocycles. The summed E-state index contributed by atoms with van der Waals surface area (Å²) in [5.74, 6) is -0.462. The Morgan fingerprint density at radius 1 is 1.23 bits per heavy atom. The quantitative estimate of drug-likeness (QED) is 0.436. The van der Waals surface area contributed by atoms with Crippen LogP contribution in [0.15, 0.2) is 48.5 Å². The van der Waals surface area contributed by atoms with Gasteiger partial charge in [0.15, 0.2) is 4.77 Å². The summed E-state index contributed by atoms with van der Waals surface area (Å²) in [5.41, 5.74) is 2.15. The van der Waals surface area contributed by atoms with Crippen molar-refractivity contribution in [3.8, 4) is 5.69 Å². The smallest absolute Gasteiger partial charge is 0.326 e. The van der Waals surface area contributed by atoms with Gasteiger partial charge in [-0.1, -0.05) is 11.6 Å². The first-order valence-corrected chi connectivity index (χ1v) is 10.3. The van der Waals surface area contributed by atoms with Gasteiger partial charge in [0.1, 0.15) is 11.9 Å². The van der Waals surface area contributed by atoms with E-state index in [1.165, 1.54) is 0 Å². The highest BCUT2D eigenvalue weighted by Crippen LogP contribution is 2.21. The standard InChI is InChI=1S/C21H22ClN5O3S/c1-13(20(29)30)26(17-7-3-15(22)4-8-17)12-11-19(28)23-16-5-9-18(10-6-16)27-14(2)24-25-21(27)31/h3-10,13H,11-12H2,1-2H3,(H,23,28)(H,25,31)(H,29,30). The van der Waals surface area contributed by atoms with Crippen molar-refractivity contribution >= 4 is 47.1 Å². The lowest BCUT2D eigenvalue weighted by molar-refractivity contribution is -0.138. The molecule has 0 spiro atoms. The van der Waals surface area contributed by atoms with Gasteiger partial charge in [-0.05, 0) is 74.6 Å². The number of hydrogen-bond donors (Lipinski definition) is 3. The van der Waals surface area contributed by atoms with Crippen LogP contribution in [-0.4, -0.2) is 44.3 Å². The van der Waals surface area contributed by atoms with E-state index in [-0.39, 0.29) is 18.9 Å². The fraction of sp³-hybridized carbons (Fsp3) is 0.238. The molecule has 0 aliphatic rings. The highest BCUT2D eigenvalue weighted by molar-refractivity contribution is 7.71. The summed E-state index contributed by atoms with van der Waals surface area (Å²) in [6, 6.07) is 13.3. The molecule has 0 aliphatic carbocycles. The van der Waals surface area contributed by atoms with E-state index in [0.717, 1.165) is 11.5 Å². The van der Waals surface area contributed by atoms with Crippen molar-refractivity contribution in [2.75, 3.05) is 16.8 Å². The number of H-pyrrole nitrogens is 1. The zero-order valence-electron chi connectivity index (χ0n) is 17.0. The van der Waals surface area contributed by atoms with E-state index in [4.69, 9.17) is 23.8 Å². The van der Waals surface area contributed by atoms with Crippen LogP contribution in [-0.2, 0) is 9.59 Å². The van der Waals surface area contributed by atoms with Gasteiger partial charge in [-0.25, -0.2) is 4.79 Å². The van der Waals surface area contributed by atoms with Gasteiger partial charge in [-0.15, -0.1) is 0 Å². The van der Waals surface area contributed by atoms with Crippen LogP contribution in [0.25, 0.3) is 5.69 Å². The average molecular weight is 460 g/mol. The van der Waals surface area contributed by atoms with Crippen LogP contribution in [0.1, 0.15) is 19.2 Å². The number of rotatable bonds is 8. The predicted octanol–water partition coefficient (Wildman–Crippen LogP) is 4.20. The number of carbonyl (C=O) groups excluding carboxylic acids is 1. The van der Waals surface area contributed by atoms with E-state index >= 15 is 0 Å². The molecule has 0 saturated heterocycles. The zero-order chi connectivity index (χ0) is 22.5. The Morgan fingerprint density at radius 3 is 2.42 bits per heavy atom. The molecule has 0 fully saturated rings. The van der Waals surface area contributed by atoms with E-state index < -0.39 is 12.0 Å². The van der Waals surface area contributed by atoms with Crippen molar-refractivity contribution in [2.24, 2.45) is 0 Å². The van der Waals surface area contributed by atoms with Crippen molar-refractivity contribution in [2.45, 2.75) is 26.3 Å². The Bertz CT molecular complexity index is 1130. The lowest BCUT2D eigenvalue weighted by Gasteiger charge is -2.28. The SMILES string of the molecule is Cc1n[nH]c(=S)n1-c1ccc(NC(=O)CCN(c2ccc(Cl)cc2)C(C)C(=O)O)cc1. The van der Waals surface area contributed by atoms with Crippen molar-refractivity contribution in [3.63, 3.8) is 0 Å². The van der Waals surface area contributed by atoms with E-state index in [1.54, 1.807) is 52.8 Å². The summed E-state index contributed by atoms with van der Waals surface area (Å²) in [7, 11) is 0. The zero-order valence-corrected chi connectivity index (χ0v) is 18.6. The lowest BCUT2D eigenvalue weighted by atomic mass is 10.2. The van der Waals surface area contributed by atoms with Crippen LogP contribution in [0.2, 0.25) is 5.02 Å². The van der Waals surface area contributed by atoms with Gasteiger partial charge in [0, 0.05) is 35.1 Å². The summed E-state index contributed by atoms with van der Waals surface area (Å²) in [4.78, 5) is 25.6. The fourth-order valence-electron chi connectivity index (χ4n) is 3.13. The largest absolute Gasteiger partial charge is 0.480 e. The molecule has 10 heteroatoms. The molecule has 0 saturated carbocycles. The van der Waals surface area contributed by atoms with E-state index in [9.17, 15) is 14.7 Å². The second kappa shape index (κ2) is 9.76. The molecule has 0 radical (unpaired) electrons. The number of hydrogen-bond acceptors (Lipinski definition) is 5. The summed E-state index contributed by atoms with van der Waals surface area (Å²) < 4.78 is 2.28. The van der Waals surface area contributed by atoms with Gasteiger partial charge in [0.2, 0.25) is 5.91 Å². The predicted molar refractivity (Wildman–Crippen MR) is 123 cm³/mol. The molecule has 1 amide bonds. The van der Waals surface area contributed by atoms with Crippen LogP contribution >= 0.6 is 23.8 Å². The summed E-state index contributed by atoms with van der Waals surface area (Å²) in [6.07, 6.45) is 0.119. The van der Waals surface area contributed by atoms with Gasteiger partial charge in [-0.2, -0.15) is 5.10 Å². The second-order valence-electron chi connectivity index (χ2n) is 6.94. The number of nitrogens with zero attached hydrogens (tertiary/aromatic N) is 3. The van der Waals surface area contributed by atoms with E-state index in [0.29, 0.717) is 21.2 Å². The van der Waals surface area contributed by atoms with Gasteiger partial charge >= 0.3 is 5.97 Å². The number of carboxylic acid groups (broad SMARTS) is 1. The van der Waals surface area contributed by atoms with Crippen molar-refractivity contribution in [1.29, 1.82) is 0 Å². The number of aromatic nitrogens is 3. The van der Waals surface area contributed by atoms with E-state index in [1.807, 2.05) is 19.1 Å². The highest BCUT2D eigenvalue weighted by Gasteiger charge is 2.21. The van der Waals surface area contributed by atoms with Gasteiger partial charge in [-0.3, -0.25) is 14.5 Å². The number of carboxylic acids is 1. The number of aryl methyl sites for hydroxylation is 1. The van der Waals surface area contributed by atoms with E-state index in [2.05, 4.69) is 15.5 Å². The molecule has 0 bridgehead atoms. The molecule has 1 aromatic heterocycles. The third-order valence-corrected chi connectivity index (χ3v) is 5.34. The number of carbonyl (C=O) groups is 2. The maximum absolute atomic E-state index is 12.5. The first kappa shape index (κ1) is 22.5. The molecule has 31 heavy (non-hydrogen) atoms. The minimum absolute atomic E-state index is 0.119. The fourth-order valence-corrected chi connectivity index (χ4v) is 3.54. The molecule has 8 nitrogen and oxygen atoms in total. The normalized spacial score (nSPS) is 11.7. The molecule has 3 rings (SSSR count). The second-order valence-corrected chi connectivity index (χ2v) is 7.76. The number of anilines is 2. The third kappa shape index (κ3) is 5.50. The van der Waals surface area contributed by atoms with Crippen LogP contribution in [0.3, 0.4) is 0 Å². The van der Waals surface area contributed by atoms with Crippen LogP contribution in [0.4, 0.5) is 11.4 Å². The molecular weight excluding hydrogens is 438 g/mol. The molecule has 2 aromatic carbocycles. The Balaban J connectivity index is 1.65. The Labute approximate surface area is 189 Å². The lowest BCUT2D eigenvalue weighted by Crippen LogP contribution is -2.40. The summed E-state index contributed by atoms with van der Waals surface area (Å²) >= 11 is 11.2. The molecule has 0 aliphatic heterocycles. The molecule has 1 atom stereocenters. The minimum atomic E-state index is -0.973. The maximum Gasteiger partial charge on any atom is 0.326 e. The van der Waals surface area contributed by atoms with Crippen LogP contribution in [0, 0.1) is 11.7 Å². The van der Waals surface area contributed by atoms with Gasteiger partial charge in [0.05, 0.1) is 0 Å². The first-order valence-electron chi connectivity index (χ1n) is 9.55. The summed E-state index contributed by atoms with van der Waals surface area (Å²) in [6.45, 7) is 3.66. The number of amides is 1. The number of nitrogens with one attached hydrogen (secondary N) is 2. The van der Waals surface area contributed by atoms with Crippen molar-refractivity contribution in [3.05, 3.63) is 64.1 Å². The monoisotopic (exact) mass is 459 g/mol. The molecule has 162 valence electrons. The third-order valence-electron chi connectivity index (χ3n) is 4.81. The highest BCUT2D eigenvalue weighted by atomic mass is 35.5. The Morgan fingerprint density at radius 2 is 1.87 bits per heavy atom. The Kier molecular flexibility index (Phi) is 7.09. The first-order chi connectivity index (χ1) is 14.8. The number of aliphatic carboxylic acids is 1. The van der Waals surface area contributed by atoms with Gasteiger partial charge in [0.25, 0.3) is 0 Å². The minimum Gasteiger partial charge on any atom is -0.480 e. The number of benzene rings is 2. The van der Waals surface area contributed by atoms with Crippen molar-refractivity contribution < 1.29 is 14.7 Å². The molecule has 1 unspecified atom stereocenters. The van der Waals surface area contributed by atoms with Gasteiger partial charge < -0.3 is 15.3 Å². The molecule has 3 N–H and O–H groups in total. The topological polar surface area (TPSA) is 103 Å². The Hall–Kier alpha value is -3.17. The average Bonchev–Trinajstić information content (AvgIpc) is 3.08. The molecular formula is C21H22ClN5O3S. The van der Waals surface area contributed by atoms with Crippen LogP contribution in [0.5, 0.6) is 0 Å². The van der Waals surface area contributed by atoms with Crippen molar-refractivity contribution in [1.82, 2.24) is 14.8 Å². The maximum atomic E-state index is 12.5. The van der Waals surface area contributed by atoms with Crippen LogP contribution < -0.4 is 10.2 Å². The summed E-state index contributed by atoms with van der Waals surface area (Å²) in [5, 5.41) is 19.6. The number of aromatic amines is 1. The number of halogens is 1.